The number of benzene rings is 2. The van der Waals surface area contributed by atoms with Crippen molar-refractivity contribution in [1.29, 1.82) is 0 Å². The van der Waals surface area contributed by atoms with Crippen LogP contribution in [0, 0.1) is 5.82 Å². The highest BCUT2D eigenvalue weighted by atomic mass is 19.1. The molecule has 0 saturated heterocycles. The minimum absolute atomic E-state index is 0.0650. The van der Waals surface area contributed by atoms with Crippen LogP contribution in [0.25, 0.3) is 10.9 Å². The summed E-state index contributed by atoms with van der Waals surface area (Å²) in [5, 5.41) is 4.24. The fraction of sp³-hybridized carbons (Fsp3) is 0.318. The Kier molecular flexibility index (Phi) is 4.49. The van der Waals surface area contributed by atoms with Crippen LogP contribution in [0.2, 0.25) is 0 Å². The van der Waals surface area contributed by atoms with Gasteiger partial charge in [-0.1, -0.05) is 30.3 Å². The zero-order valence-corrected chi connectivity index (χ0v) is 14.9. The summed E-state index contributed by atoms with van der Waals surface area (Å²) < 4.78 is 15.6. The topological polar surface area (TPSA) is 34.0 Å². The summed E-state index contributed by atoms with van der Waals surface area (Å²) in [6, 6.07) is 15.1. The Balaban J connectivity index is 1.76. The number of carbonyl (C=O) groups is 1. The van der Waals surface area contributed by atoms with Crippen LogP contribution >= 0.6 is 0 Å². The van der Waals surface area contributed by atoms with Crippen molar-refractivity contribution >= 4 is 16.8 Å². The van der Waals surface area contributed by atoms with Crippen molar-refractivity contribution in [3.05, 3.63) is 71.7 Å². The Labute approximate surface area is 152 Å². The summed E-state index contributed by atoms with van der Waals surface area (Å²) in [4.78, 5) is 12.5. The van der Waals surface area contributed by atoms with Gasteiger partial charge in [0.05, 0.1) is 0 Å². The van der Waals surface area contributed by atoms with Crippen LogP contribution in [-0.4, -0.2) is 16.5 Å². The van der Waals surface area contributed by atoms with E-state index in [4.69, 9.17) is 0 Å². The fourth-order valence-corrected chi connectivity index (χ4v) is 3.62. The zero-order chi connectivity index (χ0) is 18.1. The number of aryl methyl sites for hydroxylation is 1. The van der Waals surface area contributed by atoms with E-state index in [9.17, 15) is 9.18 Å². The van der Waals surface area contributed by atoms with Crippen molar-refractivity contribution in [2.75, 3.05) is 0 Å². The minimum Gasteiger partial charge on any atom is -0.353 e. The summed E-state index contributed by atoms with van der Waals surface area (Å²) in [5.41, 5.74) is 3.26. The third kappa shape index (κ3) is 3.36. The standard InChI is InChI=1S/C22H23FN2O/c1-2-25-14-20(18-5-3-4-6-21(18)25)19(13-22(26)24-17-11-12-17)15-7-9-16(23)10-8-15/h3-10,14,17,19H,2,11-13H2,1H3,(H,24,26). The van der Waals surface area contributed by atoms with Crippen molar-refractivity contribution in [2.45, 2.75) is 44.7 Å². The molecule has 0 aliphatic heterocycles. The highest BCUT2D eigenvalue weighted by Gasteiger charge is 2.27. The average molecular weight is 350 g/mol. The smallest absolute Gasteiger partial charge is 0.221 e. The number of hydrogen-bond donors (Lipinski definition) is 1. The molecule has 1 aliphatic carbocycles. The molecule has 4 rings (SSSR count). The normalized spacial score (nSPS) is 15.2. The highest BCUT2D eigenvalue weighted by molar-refractivity contribution is 5.86. The lowest BCUT2D eigenvalue weighted by molar-refractivity contribution is -0.121. The van der Waals surface area contributed by atoms with Crippen LogP contribution in [-0.2, 0) is 11.3 Å². The lowest BCUT2D eigenvalue weighted by Crippen LogP contribution is -2.27. The van der Waals surface area contributed by atoms with Gasteiger partial charge in [0.25, 0.3) is 0 Å². The SMILES string of the molecule is CCn1cc(C(CC(=O)NC2CC2)c2ccc(F)cc2)c2ccccc21. The van der Waals surface area contributed by atoms with E-state index in [2.05, 4.69) is 35.1 Å². The third-order valence-electron chi connectivity index (χ3n) is 5.14. The molecule has 1 atom stereocenters. The molecule has 3 aromatic rings. The number of aromatic nitrogens is 1. The van der Waals surface area contributed by atoms with Gasteiger partial charge in [0.2, 0.25) is 5.91 Å². The molecule has 1 aliphatic rings. The number of fused-ring (bicyclic) bond motifs is 1. The zero-order valence-electron chi connectivity index (χ0n) is 14.9. The number of halogens is 1. The monoisotopic (exact) mass is 350 g/mol. The summed E-state index contributed by atoms with van der Waals surface area (Å²) >= 11 is 0. The van der Waals surface area contributed by atoms with Gasteiger partial charge >= 0.3 is 0 Å². The number of amides is 1. The molecule has 4 heteroatoms. The van der Waals surface area contributed by atoms with Gasteiger partial charge in [0, 0.05) is 42.0 Å². The van der Waals surface area contributed by atoms with Gasteiger partial charge in [-0.05, 0) is 49.1 Å². The number of nitrogens with one attached hydrogen (secondary N) is 1. The Morgan fingerprint density at radius 3 is 2.62 bits per heavy atom. The first-order valence-corrected chi connectivity index (χ1v) is 9.28. The second-order valence-corrected chi connectivity index (χ2v) is 7.04. The first kappa shape index (κ1) is 16.8. The maximum absolute atomic E-state index is 13.4. The highest BCUT2D eigenvalue weighted by Crippen LogP contribution is 2.35. The van der Waals surface area contributed by atoms with Crippen molar-refractivity contribution < 1.29 is 9.18 Å². The van der Waals surface area contributed by atoms with Gasteiger partial charge < -0.3 is 9.88 Å². The molecule has 1 heterocycles. The van der Waals surface area contributed by atoms with Gasteiger partial charge in [-0.2, -0.15) is 0 Å². The van der Waals surface area contributed by atoms with Crippen molar-refractivity contribution in [2.24, 2.45) is 0 Å². The van der Waals surface area contributed by atoms with Gasteiger partial charge in [0.15, 0.2) is 0 Å². The summed E-state index contributed by atoms with van der Waals surface area (Å²) in [5.74, 6) is -0.284. The Morgan fingerprint density at radius 1 is 1.19 bits per heavy atom. The van der Waals surface area contributed by atoms with Gasteiger partial charge in [-0.3, -0.25) is 4.79 Å². The van der Waals surface area contributed by atoms with Gasteiger partial charge in [-0.15, -0.1) is 0 Å². The number of rotatable bonds is 6. The van der Waals surface area contributed by atoms with E-state index in [1.165, 1.54) is 17.6 Å². The predicted molar refractivity (Wildman–Crippen MR) is 102 cm³/mol. The largest absolute Gasteiger partial charge is 0.353 e. The molecular formula is C22H23FN2O. The third-order valence-corrected chi connectivity index (χ3v) is 5.14. The summed E-state index contributed by atoms with van der Waals surface area (Å²) in [7, 11) is 0. The molecule has 3 nitrogen and oxygen atoms in total. The quantitative estimate of drug-likeness (QED) is 0.692. The first-order valence-electron chi connectivity index (χ1n) is 9.28. The molecule has 1 aromatic heterocycles. The van der Waals surface area contributed by atoms with E-state index < -0.39 is 0 Å². The molecule has 134 valence electrons. The molecule has 1 N–H and O–H groups in total. The van der Waals surface area contributed by atoms with Crippen LogP contribution in [0.3, 0.4) is 0 Å². The van der Waals surface area contributed by atoms with E-state index in [-0.39, 0.29) is 17.6 Å². The molecule has 1 fully saturated rings. The van der Waals surface area contributed by atoms with Crippen LogP contribution in [0.4, 0.5) is 4.39 Å². The fourth-order valence-electron chi connectivity index (χ4n) is 3.62. The van der Waals surface area contributed by atoms with Crippen molar-refractivity contribution in [1.82, 2.24) is 9.88 Å². The van der Waals surface area contributed by atoms with Crippen LogP contribution in [0.5, 0.6) is 0 Å². The second-order valence-electron chi connectivity index (χ2n) is 7.04. The maximum atomic E-state index is 13.4. The Morgan fingerprint density at radius 2 is 1.92 bits per heavy atom. The molecule has 2 aromatic carbocycles. The molecule has 1 amide bonds. The minimum atomic E-state index is -0.258. The van der Waals surface area contributed by atoms with Crippen LogP contribution < -0.4 is 5.32 Å². The van der Waals surface area contributed by atoms with Crippen molar-refractivity contribution in [3.63, 3.8) is 0 Å². The maximum Gasteiger partial charge on any atom is 0.221 e. The lowest BCUT2D eigenvalue weighted by Gasteiger charge is -2.17. The molecule has 1 saturated carbocycles. The molecule has 1 unspecified atom stereocenters. The van der Waals surface area contributed by atoms with Crippen LogP contribution in [0.1, 0.15) is 43.2 Å². The summed E-state index contributed by atoms with van der Waals surface area (Å²) in [6.07, 6.45) is 4.66. The number of nitrogens with zero attached hydrogens (tertiary/aromatic N) is 1. The average Bonchev–Trinajstić information content (AvgIpc) is 3.38. The molecule has 0 spiro atoms. The molecule has 0 bridgehead atoms. The number of para-hydroxylation sites is 1. The lowest BCUT2D eigenvalue weighted by atomic mass is 9.88. The molecule has 0 radical (unpaired) electrons. The van der Waals surface area contributed by atoms with Gasteiger partial charge in [-0.25, -0.2) is 4.39 Å². The van der Waals surface area contributed by atoms with Gasteiger partial charge in [0.1, 0.15) is 5.82 Å². The molecular weight excluding hydrogens is 327 g/mol. The number of hydrogen-bond acceptors (Lipinski definition) is 1. The predicted octanol–water partition coefficient (Wildman–Crippen LogP) is 4.60. The number of carbonyl (C=O) groups excluding carboxylic acids is 1. The second kappa shape index (κ2) is 6.94. The molecule has 26 heavy (non-hydrogen) atoms. The van der Waals surface area contributed by atoms with E-state index >= 15 is 0 Å². The Hall–Kier alpha value is -2.62. The van der Waals surface area contributed by atoms with E-state index in [0.717, 1.165) is 35.9 Å². The summed E-state index contributed by atoms with van der Waals surface area (Å²) in [6.45, 7) is 2.98. The first-order chi connectivity index (χ1) is 12.7. The van der Waals surface area contributed by atoms with Crippen LogP contribution in [0.15, 0.2) is 54.7 Å². The van der Waals surface area contributed by atoms with E-state index in [1.807, 2.05) is 12.1 Å². The van der Waals surface area contributed by atoms with E-state index in [1.54, 1.807) is 12.1 Å². The Bertz CT molecular complexity index is 925. The van der Waals surface area contributed by atoms with Crippen molar-refractivity contribution in [3.8, 4) is 0 Å². The van der Waals surface area contributed by atoms with E-state index in [0.29, 0.717) is 12.5 Å².